The third-order valence-corrected chi connectivity index (χ3v) is 2.84. The minimum atomic E-state index is 0. The summed E-state index contributed by atoms with van der Waals surface area (Å²) in [5.74, 6) is 0.625. The summed E-state index contributed by atoms with van der Waals surface area (Å²) in [6.07, 6.45) is 3.62. The van der Waals surface area contributed by atoms with Crippen LogP contribution in [0.3, 0.4) is 0 Å². The maximum Gasteiger partial charge on any atom is 0.222 e. The number of halogens is 1. The Morgan fingerprint density at radius 1 is 1.53 bits per heavy atom. The molecule has 1 heterocycles. The molecule has 1 rings (SSSR count). The summed E-state index contributed by atoms with van der Waals surface area (Å²) in [6.45, 7) is 5.57. The molecule has 2 atom stereocenters. The maximum absolute atomic E-state index is 11.7. The van der Waals surface area contributed by atoms with Crippen molar-refractivity contribution in [3.8, 4) is 0 Å². The van der Waals surface area contributed by atoms with Crippen LogP contribution in [0, 0.1) is 5.92 Å². The van der Waals surface area contributed by atoms with E-state index in [9.17, 15) is 4.79 Å². The Morgan fingerprint density at radius 3 is 2.71 bits per heavy atom. The molecule has 4 nitrogen and oxygen atoms in total. The SMILES string of the molecule is CC(C)CC(CN)NC(=O)CC1CCCO1.Cl. The van der Waals surface area contributed by atoms with E-state index >= 15 is 0 Å². The molecule has 0 bridgehead atoms. The predicted octanol–water partition coefficient (Wildman–Crippen LogP) is 1.47. The lowest BCUT2D eigenvalue weighted by molar-refractivity contribution is -0.124. The van der Waals surface area contributed by atoms with E-state index in [0.717, 1.165) is 25.9 Å². The fourth-order valence-electron chi connectivity index (χ4n) is 2.08. The van der Waals surface area contributed by atoms with Crippen LogP contribution in [0.1, 0.15) is 39.5 Å². The van der Waals surface area contributed by atoms with Gasteiger partial charge in [-0.25, -0.2) is 0 Å². The van der Waals surface area contributed by atoms with E-state index in [2.05, 4.69) is 19.2 Å². The molecule has 0 aromatic rings. The number of hydrogen-bond donors (Lipinski definition) is 2. The lowest BCUT2D eigenvalue weighted by atomic mass is 10.0. The molecule has 17 heavy (non-hydrogen) atoms. The second kappa shape index (κ2) is 8.72. The van der Waals surface area contributed by atoms with Crippen LogP contribution < -0.4 is 11.1 Å². The van der Waals surface area contributed by atoms with E-state index in [0.29, 0.717) is 18.9 Å². The number of hydrogen-bond acceptors (Lipinski definition) is 3. The van der Waals surface area contributed by atoms with Gasteiger partial charge in [0.15, 0.2) is 0 Å². The Morgan fingerprint density at radius 2 is 2.24 bits per heavy atom. The van der Waals surface area contributed by atoms with E-state index in [-0.39, 0.29) is 30.5 Å². The van der Waals surface area contributed by atoms with Gasteiger partial charge in [0, 0.05) is 19.2 Å². The normalized spacial score (nSPS) is 21.1. The predicted molar refractivity (Wildman–Crippen MR) is 71.3 cm³/mol. The summed E-state index contributed by atoms with van der Waals surface area (Å²) in [7, 11) is 0. The maximum atomic E-state index is 11.7. The first kappa shape index (κ1) is 16.7. The molecular formula is C12H25ClN2O2. The topological polar surface area (TPSA) is 64.3 Å². The Bertz CT molecular complexity index is 219. The summed E-state index contributed by atoms with van der Waals surface area (Å²) in [5.41, 5.74) is 5.63. The molecule has 1 aliphatic heterocycles. The quantitative estimate of drug-likeness (QED) is 0.764. The smallest absolute Gasteiger partial charge is 0.222 e. The molecule has 0 radical (unpaired) electrons. The average molecular weight is 265 g/mol. The van der Waals surface area contributed by atoms with Crippen molar-refractivity contribution in [2.24, 2.45) is 11.7 Å². The highest BCUT2D eigenvalue weighted by molar-refractivity contribution is 5.85. The van der Waals surface area contributed by atoms with Gasteiger partial charge in [0.2, 0.25) is 5.91 Å². The van der Waals surface area contributed by atoms with Crippen LogP contribution in [0.5, 0.6) is 0 Å². The number of nitrogens with one attached hydrogen (secondary N) is 1. The highest BCUT2D eigenvalue weighted by Gasteiger charge is 2.20. The zero-order chi connectivity index (χ0) is 12.0. The van der Waals surface area contributed by atoms with Crippen molar-refractivity contribution >= 4 is 18.3 Å². The molecule has 1 aliphatic rings. The number of amides is 1. The first-order valence-corrected chi connectivity index (χ1v) is 6.22. The van der Waals surface area contributed by atoms with Gasteiger partial charge in [0.05, 0.1) is 12.5 Å². The van der Waals surface area contributed by atoms with Crippen LogP contribution in [-0.2, 0) is 9.53 Å². The standard InChI is InChI=1S/C12H24N2O2.ClH/c1-9(2)6-10(8-13)14-12(15)7-11-4-3-5-16-11;/h9-11H,3-8,13H2,1-2H3,(H,14,15);1H. The van der Waals surface area contributed by atoms with Gasteiger partial charge in [0.1, 0.15) is 0 Å². The largest absolute Gasteiger partial charge is 0.378 e. The Labute approximate surface area is 110 Å². The van der Waals surface area contributed by atoms with Crippen molar-refractivity contribution in [1.29, 1.82) is 0 Å². The summed E-state index contributed by atoms with van der Waals surface area (Å²) >= 11 is 0. The first-order chi connectivity index (χ1) is 7.61. The molecule has 3 N–H and O–H groups in total. The van der Waals surface area contributed by atoms with Gasteiger partial charge >= 0.3 is 0 Å². The number of rotatable bonds is 6. The highest BCUT2D eigenvalue weighted by Crippen LogP contribution is 2.15. The Kier molecular flexibility index (Phi) is 8.56. The number of carbonyl (C=O) groups is 1. The molecule has 0 saturated carbocycles. The van der Waals surface area contributed by atoms with E-state index in [1.54, 1.807) is 0 Å². The van der Waals surface area contributed by atoms with Crippen molar-refractivity contribution in [2.75, 3.05) is 13.2 Å². The van der Waals surface area contributed by atoms with Crippen molar-refractivity contribution in [3.63, 3.8) is 0 Å². The Balaban J connectivity index is 0.00000256. The third-order valence-electron chi connectivity index (χ3n) is 2.84. The molecule has 0 aromatic carbocycles. The van der Waals surface area contributed by atoms with Gasteiger partial charge in [0.25, 0.3) is 0 Å². The van der Waals surface area contributed by atoms with E-state index in [1.807, 2.05) is 0 Å². The van der Waals surface area contributed by atoms with Crippen LogP contribution in [-0.4, -0.2) is 31.2 Å². The van der Waals surface area contributed by atoms with Crippen LogP contribution in [0.15, 0.2) is 0 Å². The molecule has 2 unspecified atom stereocenters. The number of ether oxygens (including phenoxy) is 1. The van der Waals surface area contributed by atoms with E-state index in [4.69, 9.17) is 10.5 Å². The summed E-state index contributed by atoms with van der Waals surface area (Å²) in [5, 5.41) is 2.98. The fraction of sp³-hybridized carbons (Fsp3) is 0.917. The highest BCUT2D eigenvalue weighted by atomic mass is 35.5. The number of nitrogens with two attached hydrogens (primary N) is 1. The molecule has 102 valence electrons. The van der Waals surface area contributed by atoms with Gasteiger partial charge in [-0.1, -0.05) is 13.8 Å². The van der Waals surface area contributed by atoms with Crippen molar-refractivity contribution in [1.82, 2.24) is 5.32 Å². The summed E-state index contributed by atoms with van der Waals surface area (Å²) in [4.78, 5) is 11.7. The van der Waals surface area contributed by atoms with Crippen LogP contribution in [0.2, 0.25) is 0 Å². The van der Waals surface area contributed by atoms with Crippen molar-refractivity contribution in [3.05, 3.63) is 0 Å². The molecule has 1 amide bonds. The molecule has 5 heteroatoms. The second-order valence-electron chi connectivity index (χ2n) is 4.97. The van der Waals surface area contributed by atoms with Crippen molar-refractivity contribution < 1.29 is 9.53 Å². The second-order valence-corrected chi connectivity index (χ2v) is 4.97. The minimum Gasteiger partial charge on any atom is -0.378 e. The zero-order valence-electron chi connectivity index (χ0n) is 10.8. The van der Waals surface area contributed by atoms with Gasteiger partial charge in [-0.3, -0.25) is 4.79 Å². The molecule has 1 fully saturated rings. The fourth-order valence-corrected chi connectivity index (χ4v) is 2.08. The van der Waals surface area contributed by atoms with Crippen molar-refractivity contribution in [2.45, 2.75) is 51.7 Å². The number of carbonyl (C=O) groups excluding carboxylic acids is 1. The molecule has 0 spiro atoms. The van der Waals surface area contributed by atoms with E-state index in [1.165, 1.54) is 0 Å². The van der Waals surface area contributed by atoms with E-state index < -0.39 is 0 Å². The molecule has 0 aromatic heterocycles. The lowest BCUT2D eigenvalue weighted by Crippen LogP contribution is -2.42. The summed E-state index contributed by atoms with van der Waals surface area (Å²) < 4.78 is 5.43. The molecule has 1 saturated heterocycles. The first-order valence-electron chi connectivity index (χ1n) is 6.22. The van der Waals surface area contributed by atoms with Crippen LogP contribution in [0.4, 0.5) is 0 Å². The Hall–Kier alpha value is -0.320. The van der Waals surface area contributed by atoms with Crippen LogP contribution >= 0.6 is 12.4 Å². The van der Waals surface area contributed by atoms with Gasteiger partial charge in [-0.05, 0) is 25.2 Å². The lowest BCUT2D eigenvalue weighted by Gasteiger charge is -2.19. The average Bonchev–Trinajstić information content (AvgIpc) is 2.68. The van der Waals surface area contributed by atoms with Gasteiger partial charge in [-0.2, -0.15) is 0 Å². The van der Waals surface area contributed by atoms with Crippen LogP contribution in [0.25, 0.3) is 0 Å². The monoisotopic (exact) mass is 264 g/mol. The van der Waals surface area contributed by atoms with Gasteiger partial charge in [-0.15, -0.1) is 12.4 Å². The molecule has 0 aliphatic carbocycles. The third kappa shape index (κ3) is 6.86. The minimum absolute atomic E-state index is 0. The summed E-state index contributed by atoms with van der Waals surface area (Å²) in [6, 6.07) is 0.105. The zero-order valence-corrected chi connectivity index (χ0v) is 11.6. The van der Waals surface area contributed by atoms with Gasteiger partial charge < -0.3 is 15.8 Å². The molecular weight excluding hydrogens is 240 g/mol.